The predicted octanol–water partition coefficient (Wildman–Crippen LogP) is 9.05. The van der Waals surface area contributed by atoms with Gasteiger partial charge in [-0.3, -0.25) is 37.9 Å². The van der Waals surface area contributed by atoms with Crippen molar-refractivity contribution in [3.05, 3.63) is 205 Å². The highest BCUT2D eigenvalue weighted by Crippen LogP contribution is 2.33. The Morgan fingerprint density at radius 3 is 1.46 bits per heavy atom. The molecule has 0 radical (unpaired) electrons. The molecule has 4 aromatic heterocycles. The Kier molecular flexibility index (Phi) is 28.8. The van der Waals surface area contributed by atoms with Crippen molar-refractivity contribution >= 4 is 29.1 Å². The average Bonchev–Trinajstić information content (AvgIpc) is 1.72. The smallest absolute Gasteiger partial charge is 0.379 e. The number of alkyl halides is 3. The summed E-state index contributed by atoms with van der Waals surface area (Å²) in [6, 6.07) is 33.9. The van der Waals surface area contributed by atoms with E-state index in [2.05, 4.69) is 31.7 Å². The summed E-state index contributed by atoms with van der Waals surface area (Å²) in [5, 5.41) is 23.6. The molecule has 0 spiro atoms. The number of ether oxygens (including phenoxy) is 8. The van der Waals surface area contributed by atoms with Crippen LogP contribution in [-0.4, -0.2) is 171 Å². The van der Waals surface area contributed by atoms with Crippen LogP contribution in [0.15, 0.2) is 143 Å². The summed E-state index contributed by atoms with van der Waals surface area (Å²) in [5.74, 6) is -2.36. The zero-order valence-electron chi connectivity index (χ0n) is 55.2. The summed E-state index contributed by atoms with van der Waals surface area (Å²) in [6.07, 6.45) is -1.01. The molecule has 0 unspecified atom stereocenters. The van der Waals surface area contributed by atoms with Crippen LogP contribution >= 0.6 is 0 Å². The Morgan fingerprint density at radius 2 is 0.970 bits per heavy atom. The molecule has 0 atom stereocenters. The van der Waals surface area contributed by atoms with Crippen molar-refractivity contribution in [1.29, 1.82) is 5.26 Å². The lowest BCUT2D eigenvalue weighted by atomic mass is 10.0. The molecule has 8 rings (SSSR count). The van der Waals surface area contributed by atoms with E-state index in [0.717, 1.165) is 22.3 Å². The number of nitriles is 1. The number of ketones is 2. The second kappa shape index (κ2) is 38.2. The monoisotopic (exact) mass is 1360 g/mol. The zero-order chi connectivity index (χ0) is 70.5. The van der Waals surface area contributed by atoms with Crippen molar-refractivity contribution in [2.75, 3.05) is 119 Å². The number of carbonyl (C=O) groups excluding carboxylic acids is 4. The topological polar surface area (TPSA) is 274 Å². The third-order valence-electron chi connectivity index (χ3n) is 15.4. The standard InChI is InChI=1S/C72H77F3N10O14/c1-50-9-5-11-58(45-50)82-52(3)61(65-24-26-80-84(65)56-19-15-53(49-76)16-20-56)48-63(71(82)91)68(88)78-27-31-94-35-39-98-43-42-97-38-34-93-30-8-14-67(87)69(89)79-28-32-95-36-40-99-44-41-96-37-33-92-29-7-13-66(86)62-47-60(64-23-25-81-85(64)57-21-17-55(77-4)18-22-57)51(2)83(70(62)90)59-12-6-10-54(46-59)72(73,74)75/h5-6,9-12,15-26,45-48H,7-8,13-14,27-44H2,1-3H3,(H,78,88)(H,79,89). The van der Waals surface area contributed by atoms with Gasteiger partial charge in [0.25, 0.3) is 22.9 Å². The van der Waals surface area contributed by atoms with E-state index in [9.17, 15) is 47.2 Å². The molecule has 0 aliphatic heterocycles. The normalized spacial score (nSPS) is 11.4. The lowest BCUT2D eigenvalue weighted by Crippen LogP contribution is -2.35. The number of pyridine rings is 2. The molecule has 0 saturated heterocycles. The van der Waals surface area contributed by atoms with Crippen molar-refractivity contribution < 1.29 is 70.2 Å². The number of halogens is 3. The van der Waals surface area contributed by atoms with Gasteiger partial charge < -0.3 is 48.5 Å². The maximum absolute atomic E-state index is 14.0. The van der Waals surface area contributed by atoms with Gasteiger partial charge in [-0.2, -0.15) is 28.6 Å². The number of carbonyl (C=O) groups is 4. The lowest BCUT2D eigenvalue weighted by molar-refractivity contribution is -0.138. The highest BCUT2D eigenvalue weighted by atomic mass is 19.4. The highest BCUT2D eigenvalue weighted by molar-refractivity contribution is 6.36. The fraction of sp³-hybridized carbons (Fsp3) is 0.361. The van der Waals surface area contributed by atoms with Crippen LogP contribution in [0.5, 0.6) is 0 Å². The molecule has 0 aliphatic rings. The zero-order valence-corrected chi connectivity index (χ0v) is 55.2. The van der Waals surface area contributed by atoms with Crippen LogP contribution in [0.2, 0.25) is 0 Å². The van der Waals surface area contributed by atoms with Gasteiger partial charge in [-0.15, -0.1) is 0 Å². The summed E-state index contributed by atoms with van der Waals surface area (Å²) in [4.78, 5) is 83.3. The number of aromatic nitrogens is 6. The molecule has 4 heterocycles. The van der Waals surface area contributed by atoms with Gasteiger partial charge in [0.15, 0.2) is 11.5 Å². The third kappa shape index (κ3) is 21.5. The number of benzene rings is 4. The Balaban J connectivity index is 0.607. The van der Waals surface area contributed by atoms with E-state index in [1.54, 1.807) is 89.2 Å². The van der Waals surface area contributed by atoms with Gasteiger partial charge in [0.1, 0.15) is 5.56 Å². The second-order valence-electron chi connectivity index (χ2n) is 22.3. The first-order chi connectivity index (χ1) is 48.0. The second-order valence-corrected chi connectivity index (χ2v) is 22.3. The maximum atomic E-state index is 14.0. The summed E-state index contributed by atoms with van der Waals surface area (Å²) < 4.78 is 91.8. The van der Waals surface area contributed by atoms with Gasteiger partial charge in [0.05, 0.1) is 157 Å². The number of rotatable bonds is 41. The van der Waals surface area contributed by atoms with E-state index in [4.69, 9.17) is 44.5 Å². The minimum absolute atomic E-state index is 0.0123. The minimum atomic E-state index is -4.68. The lowest BCUT2D eigenvalue weighted by Gasteiger charge is -2.18. The minimum Gasteiger partial charge on any atom is -0.379 e. The number of Topliss-reactive ketones (excluding diaryl/α,β-unsaturated/α-hetero) is 2. The van der Waals surface area contributed by atoms with Gasteiger partial charge in [-0.25, -0.2) is 14.2 Å². The molecular formula is C72H77F3N10O14. The summed E-state index contributed by atoms with van der Waals surface area (Å²) in [7, 11) is 0. The van der Waals surface area contributed by atoms with Crippen LogP contribution in [0.25, 0.3) is 50.1 Å². The van der Waals surface area contributed by atoms with Crippen molar-refractivity contribution in [2.24, 2.45) is 0 Å². The number of hydrogen-bond acceptors (Lipinski definition) is 17. The molecule has 2 amide bonds. The molecule has 520 valence electrons. The first kappa shape index (κ1) is 74.7. The van der Waals surface area contributed by atoms with Gasteiger partial charge in [-0.1, -0.05) is 30.3 Å². The van der Waals surface area contributed by atoms with Crippen molar-refractivity contribution in [3.63, 3.8) is 0 Å². The van der Waals surface area contributed by atoms with E-state index in [0.29, 0.717) is 82.8 Å². The van der Waals surface area contributed by atoms with E-state index >= 15 is 0 Å². The van der Waals surface area contributed by atoms with Crippen LogP contribution in [0, 0.1) is 38.7 Å². The summed E-state index contributed by atoms with van der Waals surface area (Å²) >= 11 is 0. The Labute approximate surface area is 569 Å². The fourth-order valence-corrected chi connectivity index (χ4v) is 10.4. The SMILES string of the molecule is [C-]#[N+]c1ccc(-n2nccc2-c2cc(C(=O)CCCOCCOCCOCCOCCNC(=O)C(=O)CCCOCCOCCOCCOCCNC(=O)c3cc(-c4ccnn4-c4ccc(C#N)cc4)c(C)n(-c4cccc(C)c4)c3=O)c(=O)n(-c3cccc(C(F)(F)F)c3)c2C)cc1. The Hall–Kier alpha value is -10.1. The van der Waals surface area contributed by atoms with Crippen LogP contribution in [0.4, 0.5) is 18.9 Å². The van der Waals surface area contributed by atoms with E-state index in [1.807, 2.05) is 38.1 Å². The van der Waals surface area contributed by atoms with Gasteiger partial charge in [0.2, 0.25) is 5.78 Å². The van der Waals surface area contributed by atoms with Crippen molar-refractivity contribution in [3.8, 4) is 51.3 Å². The number of amides is 2. The van der Waals surface area contributed by atoms with E-state index in [-0.39, 0.29) is 141 Å². The molecule has 0 aliphatic carbocycles. The molecule has 4 aromatic carbocycles. The largest absolute Gasteiger partial charge is 0.416 e. The predicted molar refractivity (Wildman–Crippen MR) is 359 cm³/mol. The molecule has 0 fully saturated rings. The number of aryl methyl sites for hydroxylation is 1. The Bertz CT molecular complexity index is 4230. The van der Waals surface area contributed by atoms with Crippen LogP contribution in [0.3, 0.4) is 0 Å². The number of hydrogen-bond donors (Lipinski definition) is 2. The fourth-order valence-electron chi connectivity index (χ4n) is 10.4. The number of nitrogens with zero attached hydrogens (tertiary/aromatic N) is 8. The van der Waals surface area contributed by atoms with Gasteiger partial charge in [-0.05, 0) is 130 Å². The molecular weight excluding hydrogens is 1290 g/mol. The molecule has 2 N–H and O–H groups in total. The third-order valence-corrected chi connectivity index (χ3v) is 15.4. The van der Waals surface area contributed by atoms with Gasteiger partial charge >= 0.3 is 6.18 Å². The molecule has 27 heteroatoms. The van der Waals surface area contributed by atoms with Crippen LogP contribution < -0.4 is 21.8 Å². The first-order valence-corrected chi connectivity index (χ1v) is 32.1. The summed E-state index contributed by atoms with van der Waals surface area (Å²) in [5.41, 5.74) is 4.20. The number of nitrogens with one attached hydrogen (secondary N) is 2. The molecule has 8 aromatic rings. The van der Waals surface area contributed by atoms with Crippen molar-refractivity contribution in [1.82, 2.24) is 39.3 Å². The maximum Gasteiger partial charge on any atom is 0.416 e. The molecule has 0 saturated carbocycles. The van der Waals surface area contributed by atoms with Crippen LogP contribution in [-0.2, 0) is 53.7 Å². The van der Waals surface area contributed by atoms with Gasteiger partial charge in [0, 0.05) is 73.0 Å². The summed E-state index contributed by atoms with van der Waals surface area (Å²) in [6.45, 7) is 16.9. The quantitative estimate of drug-likeness (QED) is 0.0156. The first-order valence-electron chi connectivity index (χ1n) is 32.1. The van der Waals surface area contributed by atoms with Crippen LogP contribution in [0.1, 0.15) is 74.5 Å². The van der Waals surface area contributed by atoms with Crippen molar-refractivity contribution in [2.45, 2.75) is 52.6 Å². The van der Waals surface area contributed by atoms with E-state index in [1.165, 1.54) is 29.0 Å². The molecule has 0 bridgehead atoms. The Morgan fingerprint density at radius 1 is 0.525 bits per heavy atom. The molecule has 99 heavy (non-hydrogen) atoms. The van der Waals surface area contributed by atoms with E-state index < -0.39 is 46.2 Å². The molecule has 24 nitrogen and oxygen atoms in total. The average molecular weight is 1360 g/mol. The highest BCUT2D eigenvalue weighted by Gasteiger charge is 2.31.